The van der Waals surface area contributed by atoms with Crippen molar-refractivity contribution in [2.45, 2.75) is 10.6 Å². The van der Waals surface area contributed by atoms with Crippen molar-refractivity contribution in [2.24, 2.45) is 0 Å². The first kappa shape index (κ1) is 21.2. The summed E-state index contributed by atoms with van der Waals surface area (Å²) in [6.07, 6.45) is 0. The zero-order valence-electron chi connectivity index (χ0n) is 17.5. The van der Waals surface area contributed by atoms with Crippen LogP contribution in [0.3, 0.4) is 0 Å². The Morgan fingerprint density at radius 3 is 2.42 bits per heavy atom. The van der Waals surface area contributed by atoms with E-state index in [1.54, 1.807) is 22.6 Å². The summed E-state index contributed by atoms with van der Waals surface area (Å²) in [5.41, 5.74) is 3.78. The highest BCUT2D eigenvalue weighted by atomic mass is 32.2. The molecule has 0 spiro atoms. The average Bonchev–Trinajstić information content (AvgIpc) is 3.29. The Morgan fingerprint density at radius 2 is 1.64 bits per heavy atom. The molecular formula is C26H19N3O2S2. The molecule has 0 saturated carbocycles. The van der Waals surface area contributed by atoms with E-state index < -0.39 is 0 Å². The molecule has 1 amide bonds. The van der Waals surface area contributed by atoms with Crippen LogP contribution < -0.4 is 10.9 Å². The molecule has 2 heterocycles. The number of amides is 1. The second kappa shape index (κ2) is 9.44. The lowest BCUT2D eigenvalue weighted by Crippen LogP contribution is -2.14. The van der Waals surface area contributed by atoms with Gasteiger partial charge in [-0.2, -0.15) is 0 Å². The molecule has 0 fully saturated rings. The van der Waals surface area contributed by atoms with Gasteiger partial charge < -0.3 is 5.32 Å². The predicted molar refractivity (Wildman–Crippen MR) is 135 cm³/mol. The van der Waals surface area contributed by atoms with Crippen LogP contribution in [0.4, 0.5) is 5.69 Å². The monoisotopic (exact) mass is 469 g/mol. The summed E-state index contributed by atoms with van der Waals surface area (Å²) in [4.78, 5) is 31.8. The predicted octanol–water partition coefficient (Wildman–Crippen LogP) is 5.97. The number of carbonyl (C=O) groups is 1. The van der Waals surface area contributed by atoms with Crippen LogP contribution in [0.2, 0.25) is 0 Å². The van der Waals surface area contributed by atoms with Gasteiger partial charge in [0.15, 0.2) is 4.96 Å². The summed E-state index contributed by atoms with van der Waals surface area (Å²) in [5, 5.41) is 4.94. The molecular weight excluding hydrogens is 450 g/mol. The van der Waals surface area contributed by atoms with E-state index >= 15 is 0 Å². The van der Waals surface area contributed by atoms with Gasteiger partial charge in [0.25, 0.3) is 11.5 Å². The summed E-state index contributed by atoms with van der Waals surface area (Å²) in [5.74, 6) is 0.358. The second-order valence-electron chi connectivity index (χ2n) is 7.30. The maximum Gasteiger partial charge on any atom is 0.259 e. The maximum atomic E-state index is 12.9. The van der Waals surface area contributed by atoms with E-state index in [1.165, 1.54) is 23.1 Å². The first-order chi connectivity index (χ1) is 16.2. The van der Waals surface area contributed by atoms with Gasteiger partial charge in [-0.05, 0) is 29.8 Å². The molecule has 0 aliphatic carbocycles. The van der Waals surface area contributed by atoms with Gasteiger partial charge in [-0.25, -0.2) is 4.98 Å². The summed E-state index contributed by atoms with van der Waals surface area (Å²) >= 11 is 2.99. The number of nitrogens with zero attached hydrogens (tertiary/aromatic N) is 2. The second-order valence-corrected chi connectivity index (χ2v) is 9.15. The summed E-state index contributed by atoms with van der Waals surface area (Å²) in [7, 11) is 0. The van der Waals surface area contributed by atoms with Gasteiger partial charge in [0.05, 0.1) is 17.1 Å². The number of benzene rings is 3. The smallest absolute Gasteiger partial charge is 0.259 e. The molecule has 5 nitrogen and oxygen atoms in total. The Kier molecular flexibility index (Phi) is 6.06. The summed E-state index contributed by atoms with van der Waals surface area (Å²) < 4.78 is 1.65. The van der Waals surface area contributed by atoms with E-state index in [0.717, 1.165) is 21.8 Å². The third kappa shape index (κ3) is 4.60. The number of hydrogen-bond acceptors (Lipinski definition) is 5. The van der Waals surface area contributed by atoms with Crippen LogP contribution in [0.25, 0.3) is 16.2 Å². The molecule has 3 aromatic carbocycles. The van der Waals surface area contributed by atoms with Crippen LogP contribution in [0, 0.1) is 0 Å². The fourth-order valence-electron chi connectivity index (χ4n) is 3.48. The van der Waals surface area contributed by atoms with E-state index in [2.05, 4.69) is 5.32 Å². The molecule has 1 N–H and O–H groups in total. The number of fused-ring (bicyclic) bond motifs is 1. The highest BCUT2D eigenvalue weighted by Gasteiger charge is 2.13. The quantitative estimate of drug-likeness (QED) is 0.311. The zero-order chi connectivity index (χ0) is 22.6. The molecule has 2 aromatic heterocycles. The van der Waals surface area contributed by atoms with Crippen molar-refractivity contribution in [3.8, 4) is 11.3 Å². The van der Waals surface area contributed by atoms with Gasteiger partial charge in [-0.1, -0.05) is 60.7 Å². The van der Waals surface area contributed by atoms with Crippen LogP contribution in [0.1, 0.15) is 16.1 Å². The van der Waals surface area contributed by atoms with Crippen LogP contribution in [-0.2, 0) is 5.75 Å². The molecule has 5 aromatic rings. The Hall–Kier alpha value is -3.68. The fraction of sp³-hybridized carbons (Fsp3) is 0.0385. The minimum Gasteiger partial charge on any atom is -0.321 e. The molecule has 5 rings (SSSR count). The molecule has 0 atom stereocenters. The zero-order valence-corrected chi connectivity index (χ0v) is 19.1. The van der Waals surface area contributed by atoms with Gasteiger partial charge >= 0.3 is 0 Å². The van der Waals surface area contributed by atoms with E-state index in [4.69, 9.17) is 4.98 Å². The summed E-state index contributed by atoms with van der Waals surface area (Å²) in [6.45, 7) is 0. The normalized spacial score (nSPS) is 10.9. The molecule has 0 saturated heterocycles. The number of hydrogen-bond donors (Lipinski definition) is 1. The van der Waals surface area contributed by atoms with Crippen LogP contribution in [-0.4, -0.2) is 15.3 Å². The van der Waals surface area contributed by atoms with E-state index in [-0.39, 0.29) is 11.5 Å². The van der Waals surface area contributed by atoms with Gasteiger partial charge in [-0.3, -0.25) is 14.0 Å². The van der Waals surface area contributed by atoms with Crippen molar-refractivity contribution in [3.63, 3.8) is 0 Å². The van der Waals surface area contributed by atoms with Crippen molar-refractivity contribution >= 4 is 39.7 Å². The third-order valence-electron chi connectivity index (χ3n) is 5.07. The molecule has 0 bridgehead atoms. The van der Waals surface area contributed by atoms with E-state index in [0.29, 0.717) is 22.0 Å². The van der Waals surface area contributed by atoms with Gasteiger partial charge in [0.1, 0.15) is 0 Å². The molecule has 33 heavy (non-hydrogen) atoms. The molecule has 0 aliphatic rings. The Labute approximate surface area is 198 Å². The van der Waals surface area contributed by atoms with E-state index in [9.17, 15) is 9.59 Å². The van der Waals surface area contributed by atoms with Crippen molar-refractivity contribution in [2.75, 3.05) is 5.32 Å². The number of anilines is 1. The van der Waals surface area contributed by atoms with Crippen molar-refractivity contribution in [1.29, 1.82) is 0 Å². The molecule has 0 unspecified atom stereocenters. The highest BCUT2D eigenvalue weighted by Crippen LogP contribution is 2.30. The standard InChI is InChI=1S/C26H19N3O2S2/c30-24-15-20(27-26-29(24)22(17-33-26)18-9-3-1-4-10-18)16-32-23-14-8-7-13-21(23)28-25(31)19-11-5-2-6-12-19/h1-15,17H,16H2,(H,28,31). The lowest BCUT2D eigenvalue weighted by Gasteiger charge is -2.11. The van der Waals surface area contributed by atoms with Gasteiger partial charge in [-0.15, -0.1) is 23.1 Å². The molecule has 0 aliphatic heterocycles. The minimum absolute atomic E-state index is 0.0960. The van der Waals surface area contributed by atoms with Crippen molar-refractivity contribution in [3.05, 3.63) is 118 Å². The average molecular weight is 470 g/mol. The Morgan fingerprint density at radius 1 is 0.939 bits per heavy atom. The largest absolute Gasteiger partial charge is 0.321 e. The Bertz CT molecular complexity index is 1480. The number of para-hydroxylation sites is 1. The number of nitrogens with one attached hydrogen (secondary N) is 1. The van der Waals surface area contributed by atoms with Gasteiger partial charge in [0.2, 0.25) is 0 Å². The topological polar surface area (TPSA) is 63.5 Å². The van der Waals surface area contributed by atoms with Crippen LogP contribution >= 0.6 is 23.1 Å². The van der Waals surface area contributed by atoms with Crippen molar-refractivity contribution in [1.82, 2.24) is 9.38 Å². The third-order valence-corrected chi connectivity index (χ3v) is 7.01. The van der Waals surface area contributed by atoms with Gasteiger partial charge in [0, 0.05) is 27.7 Å². The van der Waals surface area contributed by atoms with E-state index in [1.807, 2.05) is 78.2 Å². The number of aromatic nitrogens is 2. The fourth-order valence-corrected chi connectivity index (χ4v) is 5.30. The lowest BCUT2D eigenvalue weighted by atomic mass is 10.2. The minimum atomic E-state index is -0.159. The first-order valence-electron chi connectivity index (χ1n) is 10.3. The maximum absolute atomic E-state index is 12.9. The molecule has 162 valence electrons. The summed E-state index contributed by atoms with van der Waals surface area (Å²) in [6, 6.07) is 28.2. The lowest BCUT2D eigenvalue weighted by molar-refractivity contribution is 0.102. The first-order valence-corrected chi connectivity index (χ1v) is 12.2. The molecule has 0 radical (unpaired) electrons. The number of rotatable bonds is 6. The number of thiazole rings is 1. The van der Waals surface area contributed by atoms with Crippen molar-refractivity contribution < 1.29 is 4.79 Å². The van der Waals surface area contributed by atoms with Crippen LogP contribution in [0.15, 0.2) is 106 Å². The SMILES string of the molecule is O=C(Nc1ccccc1SCc1cc(=O)n2c(-c3ccccc3)csc2n1)c1ccccc1. The molecule has 7 heteroatoms. The number of carbonyl (C=O) groups excluding carboxylic acids is 1. The highest BCUT2D eigenvalue weighted by molar-refractivity contribution is 7.98. The Balaban J connectivity index is 1.37. The van der Waals surface area contributed by atoms with Crippen LogP contribution in [0.5, 0.6) is 0 Å². The number of thioether (sulfide) groups is 1.